The van der Waals surface area contributed by atoms with E-state index in [-0.39, 0.29) is 49.6 Å². The van der Waals surface area contributed by atoms with Crippen molar-refractivity contribution in [3.05, 3.63) is 0 Å². The lowest BCUT2D eigenvalue weighted by atomic mass is 10.0. The molecule has 0 heterocycles. The minimum absolute atomic E-state index is 0. The molecule has 0 bridgehead atoms. The molecule has 0 saturated carbocycles. The molecule has 0 radical (unpaired) electrons. The Kier molecular flexibility index (Phi) is 27.7. The number of halogens is 1. The van der Waals surface area contributed by atoms with Crippen LogP contribution in [-0.2, 0) is 23.8 Å². The van der Waals surface area contributed by atoms with Gasteiger partial charge in [-0.15, -0.1) is 0 Å². The Bertz CT molecular complexity index is 642. The molecule has 0 aromatic carbocycles. The monoisotopic (exact) mass is 684 g/mol. The van der Waals surface area contributed by atoms with Gasteiger partial charge in [0.05, 0.1) is 40.8 Å². The zero-order chi connectivity index (χ0) is 29.4. The van der Waals surface area contributed by atoms with Gasteiger partial charge in [-0.3, -0.25) is 9.59 Å². The molecule has 0 rings (SSSR count). The Balaban J connectivity index is 0. The van der Waals surface area contributed by atoms with E-state index in [1.165, 1.54) is 104 Å². The van der Waals surface area contributed by atoms with Crippen LogP contribution >= 0.6 is 0 Å². The Morgan fingerprint density at radius 1 is 0.700 bits per heavy atom. The van der Waals surface area contributed by atoms with E-state index in [1.54, 1.807) is 0 Å². The zero-order valence-corrected chi connectivity index (χ0v) is 28.8. The van der Waals surface area contributed by atoms with Gasteiger partial charge < -0.3 is 42.7 Å². The van der Waals surface area contributed by atoms with Crippen LogP contribution in [0.5, 0.6) is 0 Å². The third-order valence-electron chi connectivity index (χ3n) is 6.77. The van der Waals surface area contributed by atoms with E-state index in [0.717, 1.165) is 17.7 Å². The van der Waals surface area contributed by atoms with Crippen molar-refractivity contribution in [2.24, 2.45) is 0 Å². The number of imide groups is 1. The van der Waals surface area contributed by atoms with Gasteiger partial charge in [0.25, 0.3) is 0 Å². The van der Waals surface area contributed by atoms with Gasteiger partial charge in [0.1, 0.15) is 6.61 Å². The average Bonchev–Trinajstić information content (AvgIpc) is 2.85. The standard InChI is InChI=1S/C31H61N2O6.HI/c1-7-8-9-10-11-12-13-14-15-16-17-18-19-20-21-22-25-37-26-30(39-29(3)35)27-38-31(36)32(28(2)34)23-24-33(4,5)6;/h30H,7-27H2,1-6H3;1H/q+1;/p-1. The molecule has 2 amide bonds. The minimum atomic E-state index is -0.731. The van der Waals surface area contributed by atoms with Crippen LogP contribution in [0.4, 0.5) is 4.79 Å². The summed E-state index contributed by atoms with van der Waals surface area (Å²) in [6.45, 7) is 6.36. The van der Waals surface area contributed by atoms with Crippen LogP contribution in [0.1, 0.15) is 124 Å². The number of amides is 2. The van der Waals surface area contributed by atoms with Crippen LogP contribution < -0.4 is 24.0 Å². The zero-order valence-electron chi connectivity index (χ0n) is 26.6. The summed E-state index contributed by atoms with van der Waals surface area (Å²) < 4.78 is 16.8. The number of unbranched alkanes of at least 4 members (excludes halogenated alkanes) is 15. The molecule has 0 aliphatic rings. The second kappa shape index (κ2) is 26.9. The maximum Gasteiger partial charge on any atom is 0.416 e. The lowest BCUT2D eigenvalue weighted by Gasteiger charge is -2.27. The second-order valence-electron chi connectivity index (χ2n) is 11.9. The molecule has 9 heteroatoms. The number of ether oxygens (including phenoxy) is 3. The number of carbonyl (C=O) groups is 3. The van der Waals surface area contributed by atoms with Crippen molar-refractivity contribution in [2.45, 2.75) is 130 Å². The lowest BCUT2D eigenvalue weighted by Crippen LogP contribution is -3.00. The van der Waals surface area contributed by atoms with E-state index in [2.05, 4.69) is 6.92 Å². The molecule has 0 N–H and O–H groups in total. The van der Waals surface area contributed by atoms with Crippen molar-refractivity contribution in [3.8, 4) is 0 Å². The topological polar surface area (TPSA) is 82.1 Å². The molecule has 1 unspecified atom stereocenters. The van der Waals surface area contributed by atoms with Gasteiger partial charge >= 0.3 is 12.1 Å². The fraction of sp³-hybridized carbons (Fsp3) is 0.903. The van der Waals surface area contributed by atoms with E-state index in [9.17, 15) is 14.4 Å². The van der Waals surface area contributed by atoms with Crippen LogP contribution in [0, 0.1) is 0 Å². The number of likely N-dealkylation sites (N-methyl/N-ethyl adjacent to an activating group) is 1. The Morgan fingerprint density at radius 2 is 1.15 bits per heavy atom. The summed E-state index contributed by atoms with van der Waals surface area (Å²) in [5.41, 5.74) is 0. The van der Waals surface area contributed by atoms with Gasteiger partial charge in [0.2, 0.25) is 5.91 Å². The van der Waals surface area contributed by atoms with Crippen molar-refractivity contribution < 1.29 is 57.1 Å². The van der Waals surface area contributed by atoms with Crippen LogP contribution in [0.25, 0.3) is 0 Å². The molecule has 8 nitrogen and oxygen atoms in total. The molecule has 238 valence electrons. The van der Waals surface area contributed by atoms with Gasteiger partial charge in [-0.05, 0) is 6.42 Å². The number of hydrogen-bond donors (Lipinski definition) is 0. The first-order valence-corrected chi connectivity index (χ1v) is 15.6. The summed E-state index contributed by atoms with van der Waals surface area (Å²) in [7, 11) is 5.95. The fourth-order valence-electron chi connectivity index (χ4n) is 4.34. The van der Waals surface area contributed by atoms with Crippen LogP contribution in [-0.4, -0.2) is 87.5 Å². The predicted octanol–water partition coefficient (Wildman–Crippen LogP) is 3.89. The predicted molar refractivity (Wildman–Crippen MR) is 158 cm³/mol. The van der Waals surface area contributed by atoms with Crippen molar-refractivity contribution in [1.29, 1.82) is 0 Å². The molecule has 0 aromatic rings. The van der Waals surface area contributed by atoms with E-state index >= 15 is 0 Å². The maximum absolute atomic E-state index is 12.4. The summed E-state index contributed by atoms with van der Waals surface area (Å²) in [5, 5.41) is 0. The van der Waals surface area contributed by atoms with Crippen LogP contribution in [0.2, 0.25) is 0 Å². The largest absolute Gasteiger partial charge is 1.00 e. The Morgan fingerprint density at radius 3 is 1.55 bits per heavy atom. The highest BCUT2D eigenvalue weighted by Crippen LogP contribution is 2.14. The number of rotatable bonds is 25. The molecule has 0 aromatic heterocycles. The van der Waals surface area contributed by atoms with Gasteiger partial charge in [-0.2, -0.15) is 0 Å². The van der Waals surface area contributed by atoms with Crippen molar-refractivity contribution in [1.82, 2.24) is 4.90 Å². The van der Waals surface area contributed by atoms with E-state index in [4.69, 9.17) is 14.2 Å². The van der Waals surface area contributed by atoms with Crippen LogP contribution in [0.15, 0.2) is 0 Å². The SMILES string of the molecule is CCCCCCCCCCCCCCCCCCOCC(COC(=O)N(CC[N+](C)(C)C)C(C)=O)OC(C)=O.[I-]. The number of quaternary nitrogens is 1. The van der Waals surface area contributed by atoms with Gasteiger partial charge in [0, 0.05) is 20.5 Å². The molecule has 1 atom stereocenters. The minimum Gasteiger partial charge on any atom is -1.00 e. The number of esters is 1. The highest BCUT2D eigenvalue weighted by molar-refractivity contribution is 5.90. The maximum atomic E-state index is 12.4. The van der Waals surface area contributed by atoms with Gasteiger partial charge in [-0.25, -0.2) is 9.69 Å². The third kappa shape index (κ3) is 27.2. The molecule has 0 spiro atoms. The molecule has 0 aliphatic heterocycles. The van der Waals surface area contributed by atoms with Crippen LogP contribution in [0.3, 0.4) is 0 Å². The Hall–Kier alpha value is -0.940. The smallest absolute Gasteiger partial charge is 0.416 e. The first-order chi connectivity index (χ1) is 18.6. The molecule has 0 saturated heterocycles. The number of carbonyl (C=O) groups excluding carboxylic acids is 3. The third-order valence-corrected chi connectivity index (χ3v) is 6.77. The van der Waals surface area contributed by atoms with Crippen molar-refractivity contribution in [2.75, 3.05) is 54.1 Å². The fourth-order valence-corrected chi connectivity index (χ4v) is 4.34. The molecule has 40 heavy (non-hydrogen) atoms. The summed E-state index contributed by atoms with van der Waals surface area (Å²) in [4.78, 5) is 36.9. The summed E-state index contributed by atoms with van der Waals surface area (Å²) in [5.74, 6) is -0.840. The quantitative estimate of drug-likeness (QED) is 0.0629. The molecular weight excluding hydrogens is 623 g/mol. The normalized spacial score (nSPS) is 11.9. The lowest BCUT2D eigenvalue weighted by molar-refractivity contribution is -0.869. The summed E-state index contributed by atoms with van der Waals surface area (Å²) >= 11 is 0. The first kappa shape index (κ1) is 41.2. The summed E-state index contributed by atoms with van der Waals surface area (Å²) in [6, 6.07) is 0. The van der Waals surface area contributed by atoms with E-state index in [0.29, 0.717) is 17.6 Å². The average molecular weight is 685 g/mol. The highest BCUT2D eigenvalue weighted by Gasteiger charge is 2.24. The summed E-state index contributed by atoms with van der Waals surface area (Å²) in [6.07, 6.45) is 19.7. The first-order valence-electron chi connectivity index (χ1n) is 15.6. The molecule has 0 aliphatic carbocycles. The molecular formula is C31H61IN2O6. The number of hydrogen-bond acceptors (Lipinski definition) is 6. The molecule has 0 fully saturated rings. The van der Waals surface area contributed by atoms with Crippen molar-refractivity contribution >= 4 is 18.0 Å². The van der Waals surface area contributed by atoms with E-state index < -0.39 is 18.2 Å². The number of nitrogens with zero attached hydrogens (tertiary/aromatic N) is 2. The van der Waals surface area contributed by atoms with Gasteiger partial charge in [0.15, 0.2) is 6.10 Å². The van der Waals surface area contributed by atoms with E-state index in [1.807, 2.05) is 21.1 Å². The van der Waals surface area contributed by atoms with Crippen molar-refractivity contribution in [3.63, 3.8) is 0 Å². The highest BCUT2D eigenvalue weighted by atomic mass is 127. The van der Waals surface area contributed by atoms with Gasteiger partial charge in [-0.1, -0.05) is 103 Å². The second-order valence-corrected chi connectivity index (χ2v) is 11.9. The Labute approximate surface area is 262 Å².